The van der Waals surface area contributed by atoms with Gasteiger partial charge in [-0.3, -0.25) is 0 Å². The van der Waals surface area contributed by atoms with Gasteiger partial charge in [0.25, 0.3) is 0 Å². The van der Waals surface area contributed by atoms with E-state index in [1.807, 2.05) is 0 Å². The second-order valence-electron chi connectivity index (χ2n) is 1.65. The van der Waals surface area contributed by atoms with E-state index in [0.717, 1.165) is 0 Å². The maximum absolute atomic E-state index is 5.68. The minimum atomic E-state index is 0.510. The molecule has 1 aromatic carbocycles. The molecule has 0 atom stereocenters. The Morgan fingerprint density at radius 1 is 1.20 bits per heavy atom. The van der Waals surface area contributed by atoms with Crippen molar-refractivity contribution < 1.29 is 3.07 Å². The standard InChI is InChI=1S/C6H3Cl2IO/c7-5-2-1-4(10-9)3-6(5)8/h1-3H. The van der Waals surface area contributed by atoms with Gasteiger partial charge in [0.1, 0.15) is 5.75 Å². The maximum Gasteiger partial charge on any atom is 0.192 e. The van der Waals surface area contributed by atoms with E-state index in [-0.39, 0.29) is 0 Å². The van der Waals surface area contributed by atoms with Gasteiger partial charge in [0, 0.05) is 6.07 Å². The second kappa shape index (κ2) is 3.64. The molecule has 0 saturated heterocycles. The molecule has 10 heavy (non-hydrogen) atoms. The molecule has 0 unspecified atom stereocenters. The smallest absolute Gasteiger partial charge is 0.192 e. The monoisotopic (exact) mass is 288 g/mol. The molecule has 1 rings (SSSR count). The molecule has 0 radical (unpaired) electrons. The Morgan fingerprint density at radius 3 is 2.40 bits per heavy atom. The zero-order valence-corrected chi connectivity index (χ0v) is 8.44. The van der Waals surface area contributed by atoms with E-state index in [2.05, 4.69) is 0 Å². The van der Waals surface area contributed by atoms with Crippen LogP contribution in [0.5, 0.6) is 5.75 Å². The highest BCUT2D eigenvalue weighted by Crippen LogP contribution is 2.26. The van der Waals surface area contributed by atoms with Gasteiger partial charge in [0.2, 0.25) is 0 Å². The first-order valence-electron chi connectivity index (χ1n) is 2.47. The van der Waals surface area contributed by atoms with Crippen molar-refractivity contribution in [2.75, 3.05) is 0 Å². The second-order valence-corrected chi connectivity index (χ2v) is 2.91. The highest BCUT2D eigenvalue weighted by molar-refractivity contribution is 14.1. The lowest BCUT2D eigenvalue weighted by Crippen LogP contribution is -1.73. The lowest BCUT2D eigenvalue weighted by Gasteiger charge is -1.97. The van der Waals surface area contributed by atoms with Gasteiger partial charge in [-0.2, -0.15) is 0 Å². The summed E-state index contributed by atoms with van der Waals surface area (Å²) in [7, 11) is 0. The van der Waals surface area contributed by atoms with Crippen molar-refractivity contribution in [1.82, 2.24) is 0 Å². The summed E-state index contributed by atoms with van der Waals surface area (Å²) < 4.78 is 4.88. The zero-order valence-electron chi connectivity index (χ0n) is 4.77. The van der Waals surface area contributed by atoms with E-state index < -0.39 is 0 Å². The molecule has 0 aliphatic carbocycles. The van der Waals surface area contributed by atoms with Gasteiger partial charge in [-0.05, 0) is 12.1 Å². The summed E-state index contributed by atoms with van der Waals surface area (Å²) >= 11 is 13.1. The first kappa shape index (κ1) is 8.43. The Kier molecular flexibility index (Phi) is 3.07. The number of hydrogen-bond acceptors (Lipinski definition) is 1. The molecule has 0 saturated carbocycles. The van der Waals surface area contributed by atoms with Crippen LogP contribution in [-0.2, 0) is 0 Å². The van der Waals surface area contributed by atoms with Crippen molar-refractivity contribution in [3.63, 3.8) is 0 Å². The molecule has 0 N–H and O–H groups in total. The molecule has 1 nitrogen and oxygen atoms in total. The Labute approximate surface area is 83.0 Å². The molecule has 0 spiro atoms. The fraction of sp³-hybridized carbons (Fsp3) is 0. The molecule has 0 fully saturated rings. The van der Waals surface area contributed by atoms with Crippen LogP contribution < -0.4 is 3.07 Å². The van der Waals surface area contributed by atoms with E-state index in [4.69, 9.17) is 26.3 Å². The van der Waals surface area contributed by atoms with E-state index in [0.29, 0.717) is 15.8 Å². The van der Waals surface area contributed by atoms with Crippen LogP contribution in [0, 0.1) is 0 Å². The zero-order chi connectivity index (χ0) is 7.56. The third kappa shape index (κ3) is 1.90. The third-order valence-electron chi connectivity index (χ3n) is 0.980. The lowest BCUT2D eigenvalue weighted by molar-refractivity contribution is 0.717. The van der Waals surface area contributed by atoms with E-state index in [1.165, 1.54) is 0 Å². The normalized spacial score (nSPS) is 9.50. The van der Waals surface area contributed by atoms with E-state index in [1.54, 1.807) is 41.2 Å². The first-order valence-corrected chi connectivity index (χ1v) is 4.11. The van der Waals surface area contributed by atoms with Gasteiger partial charge in [0.05, 0.1) is 10.0 Å². The quantitative estimate of drug-likeness (QED) is 0.716. The van der Waals surface area contributed by atoms with Crippen molar-refractivity contribution in [1.29, 1.82) is 0 Å². The van der Waals surface area contributed by atoms with Gasteiger partial charge in [-0.15, -0.1) is 0 Å². The Bertz CT molecular complexity index is 239. The first-order chi connectivity index (χ1) is 4.74. The summed E-state index contributed by atoms with van der Waals surface area (Å²) in [5.74, 6) is 0.704. The van der Waals surface area contributed by atoms with Gasteiger partial charge < -0.3 is 3.07 Å². The minimum Gasteiger partial charge on any atom is -0.428 e. The van der Waals surface area contributed by atoms with E-state index in [9.17, 15) is 0 Å². The number of hydrogen-bond donors (Lipinski definition) is 0. The third-order valence-corrected chi connectivity index (χ3v) is 2.23. The number of halogens is 3. The fourth-order valence-electron chi connectivity index (χ4n) is 0.525. The molecular weight excluding hydrogens is 286 g/mol. The summed E-state index contributed by atoms with van der Waals surface area (Å²) in [4.78, 5) is 0. The van der Waals surface area contributed by atoms with Crippen molar-refractivity contribution in [3.8, 4) is 5.75 Å². The fourth-order valence-corrected chi connectivity index (χ4v) is 1.09. The molecule has 0 heterocycles. The largest absolute Gasteiger partial charge is 0.428 e. The average Bonchev–Trinajstić information content (AvgIpc) is 1.95. The summed E-state index contributed by atoms with van der Waals surface area (Å²) in [6.45, 7) is 0. The highest BCUT2D eigenvalue weighted by atomic mass is 127. The number of rotatable bonds is 1. The summed E-state index contributed by atoms with van der Waals surface area (Å²) in [5, 5.41) is 1.05. The van der Waals surface area contributed by atoms with Gasteiger partial charge in [-0.1, -0.05) is 23.2 Å². The van der Waals surface area contributed by atoms with Crippen LogP contribution in [0.15, 0.2) is 18.2 Å². The van der Waals surface area contributed by atoms with Crippen LogP contribution in [0.4, 0.5) is 0 Å². The molecule has 0 aliphatic heterocycles. The van der Waals surface area contributed by atoms with Crippen molar-refractivity contribution in [2.24, 2.45) is 0 Å². The predicted octanol–water partition coefficient (Wildman–Crippen LogP) is 3.72. The van der Waals surface area contributed by atoms with Crippen molar-refractivity contribution >= 4 is 46.2 Å². The van der Waals surface area contributed by atoms with Crippen LogP contribution in [0.25, 0.3) is 0 Å². The molecule has 0 aromatic heterocycles. The highest BCUT2D eigenvalue weighted by Gasteiger charge is 1.97. The molecule has 1 aromatic rings. The van der Waals surface area contributed by atoms with Gasteiger partial charge >= 0.3 is 0 Å². The molecule has 0 bridgehead atoms. The molecular formula is C6H3Cl2IO. The van der Waals surface area contributed by atoms with Gasteiger partial charge in [0.15, 0.2) is 23.0 Å². The molecule has 0 aliphatic rings. The molecule has 0 amide bonds. The van der Waals surface area contributed by atoms with Crippen LogP contribution in [0.1, 0.15) is 0 Å². The van der Waals surface area contributed by atoms with Crippen LogP contribution in [-0.4, -0.2) is 0 Å². The Morgan fingerprint density at radius 2 is 1.90 bits per heavy atom. The van der Waals surface area contributed by atoms with Crippen LogP contribution in [0.2, 0.25) is 10.0 Å². The summed E-state index contributed by atoms with van der Waals surface area (Å²) in [6.07, 6.45) is 0. The maximum atomic E-state index is 5.68. The Balaban J connectivity index is 3.04. The van der Waals surface area contributed by atoms with Gasteiger partial charge in [-0.25, -0.2) is 0 Å². The predicted molar refractivity (Wildman–Crippen MR) is 51.1 cm³/mol. The van der Waals surface area contributed by atoms with Crippen LogP contribution >= 0.6 is 46.2 Å². The van der Waals surface area contributed by atoms with E-state index >= 15 is 0 Å². The SMILES string of the molecule is Clc1ccc(OI)cc1Cl. The molecule has 4 heteroatoms. The average molecular weight is 289 g/mol. The summed E-state index contributed by atoms with van der Waals surface area (Å²) in [6, 6.07) is 5.11. The molecule has 54 valence electrons. The summed E-state index contributed by atoms with van der Waals surface area (Å²) in [5.41, 5.74) is 0. The lowest BCUT2D eigenvalue weighted by atomic mass is 10.3. The van der Waals surface area contributed by atoms with Crippen molar-refractivity contribution in [2.45, 2.75) is 0 Å². The Hall–Kier alpha value is 0.330. The number of benzene rings is 1. The minimum absolute atomic E-state index is 0.510. The van der Waals surface area contributed by atoms with Crippen molar-refractivity contribution in [3.05, 3.63) is 28.2 Å². The van der Waals surface area contributed by atoms with Crippen LogP contribution in [0.3, 0.4) is 0 Å². The topological polar surface area (TPSA) is 9.23 Å².